The molecule has 1 aromatic carbocycles. The van der Waals surface area contributed by atoms with Gasteiger partial charge in [-0.15, -0.1) is 12.4 Å². The van der Waals surface area contributed by atoms with Gasteiger partial charge in [0.25, 0.3) is 0 Å². The molecule has 0 aromatic heterocycles. The number of ether oxygens (including phenoxy) is 3. The smallest absolute Gasteiger partial charge is 0.203 e. The number of halogens is 1. The third-order valence-electron chi connectivity index (χ3n) is 2.81. The van der Waals surface area contributed by atoms with Crippen LogP contribution in [-0.2, 0) is 0 Å². The minimum absolute atomic E-state index is 0. The van der Waals surface area contributed by atoms with Gasteiger partial charge in [0.05, 0.1) is 21.3 Å². The first-order valence-electron chi connectivity index (χ1n) is 5.84. The van der Waals surface area contributed by atoms with E-state index in [2.05, 4.69) is 0 Å². The summed E-state index contributed by atoms with van der Waals surface area (Å²) in [5, 5.41) is 8.84. The van der Waals surface area contributed by atoms with E-state index in [1.54, 1.807) is 27.4 Å². The van der Waals surface area contributed by atoms with Crippen LogP contribution in [0.1, 0.15) is 24.4 Å². The molecular formula is C13H22ClNO4. The maximum atomic E-state index is 8.84. The summed E-state index contributed by atoms with van der Waals surface area (Å²) in [5.41, 5.74) is 6.94. The van der Waals surface area contributed by atoms with Crippen molar-refractivity contribution < 1.29 is 19.3 Å². The van der Waals surface area contributed by atoms with Crippen molar-refractivity contribution in [3.8, 4) is 17.2 Å². The summed E-state index contributed by atoms with van der Waals surface area (Å²) >= 11 is 0. The number of nitrogens with two attached hydrogens (primary N) is 1. The average molecular weight is 292 g/mol. The van der Waals surface area contributed by atoms with Gasteiger partial charge in [-0.3, -0.25) is 0 Å². The molecule has 6 heteroatoms. The molecule has 0 bridgehead atoms. The van der Waals surface area contributed by atoms with E-state index in [0.717, 1.165) is 5.56 Å². The molecule has 0 fully saturated rings. The monoisotopic (exact) mass is 291 g/mol. The van der Waals surface area contributed by atoms with Gasteiger partial charge in [0, 0.05) is 18.2 Å². The largest absolute Gasteiger partial charge is 0.493 e. The van der Waals surface area contributed by atoms with Crippen molar-refractivity contribution >= 4 is 12.4 Å². The second-order valence-corrected chi connectivity index (χ2v) is 3.90. The first-order valence-corrected chi connectivity index (χ1v) is 5.84. The Kier molecular flexibility index (Phi) is 8.30. The maximum absolute atomic E-state index is 8.84. The summed E-state index contributed by atoms with van der Waals surface area (Å²) in [5.74, 6) is 1.73. The van der Waals surface area contributed by atoms with Crippen LogP contribution in [0.25, 0.3) is 0 Å². The van der Waals surface area contributed by atoms with Crippen molar-refractivity contribution in [1.29, 1.82) is 0 Å². The third-order valence-corrected chi connectivity index (χ3v) is 2.81. The molecule has 0 aliphatic carbocycles. The average Bonchev–Trinajstić information content (AvgIpc) is 2.42. The van der Waals surface area contributed by atoms with Crippen molar-refractivity contribution in [1.82, 2.24) is 0 Å². The Morgan fingerprint density at radius 2 is 1.74 bits per heavy atom. The zero-order valence-electron chi connectivity index (χ0n) is 11.5. The minimum Gasteiger partial charge on any atom is -0.493 e. The topological polar surface area (TPSA) is 73.9 Å². The van der Waals surface area contributed by atoms with Crippen LogP contribution < -0.4 is 19.9 Å². The Morgan fingerprint density at radius 3 is 2.21 bits per heavy atom. The Labute approximate surface area is 120 Å². The van der Waals surface area contributed by atoms with Crippen molar-refractivity contribution in [2.75, 3.05) is 27.9 Å². The van der Waals surface area contributed by atoms with Crippen LogP contribution in [0.15, 0.2) is 12.1 Å². The summed E-state index contributed by atoms with van der Waals surface area (Å²) in [6, 6.07) is 3.46. The van der Waals surface area contributed by atoms with Crippen LogP contribution in [-0.4, -0.2) is 33.0 Å². The van der Waals surface area contributed by atoms with Gasteiger partial charge in [-0.2, -0.15) is 0 Å². The van der Waals surface area contributed by atoms with Crippen LogP contribution in [0, 0.1) is 0 Å². The van der Waals surface area contributed by atoms with Gasteiger partial charge >= 0.3 is 0 Å². The summed E-state index contributed by atoms with van der Waals surface area (Å²) in [7, 11) is 4.70. The van der Waals surface area contributed by atoms with E-state index in [1.807, 2.05) is 6.07 Å². The van der Waals surface area contributed by atoms with Gasteiger partial charge in [0.2, 0.25) is 5.75 Å². The number of hydrogen-bond donors (Lipinski definition) is 2. The second kappa shape index (κ2) is 8.85. The Balaban J connectivity index is 0.00000324. The summed E-state index contributed by atoms with van der Waals surface area (Å²) in [6.45, 7) is 0.128. The van der Waals surface area contributed by atoms with E-state index in [-0.39, 0.29) is 25.1 Å². The first kappa shape index (κ1) is 17.8. The lowest BCUT2D eigenvalue weighted by atomic mass is 10.0. The summed E-state index contributed by atoms with van der Waals surface area (Å²) in [4.78, 5) is 0. The van der Waals surface area contributed by atoms with Gasteiger partial charge < -0.3 is 25.1 Å². The van der Waals surface area contributed by atoms with E-state index < -0.39 is 0 Å². The van der Waals surface area contributed by atoms with E-state index in [9.17, 15) is 0 Å². The van der Waals surface area contributed by atoms with Crippen LogP contribution >= 0.6 is 12.4 Å². The molecule has 0 aliphatic rings. The molecular weight excluding hydrogens is 270 g/mol. The number of methoxy groups -OCH3 is 3. The fourth-order valence-electron chi connectivity index (χ4n) is 1.88. The zero-order chi connectivity index (χ0) is 13.5. The maximum Gasteiger partial charge on any atom is 0.203 e. The molecule has 0 aliphatic heterocycles. The second-order valence-electron chi connectivity index (χ2n) is 3.90. The molecule has 19 heavy (non-hydrogen) atoms. The third kappa shape index (κ3) is 4.16. The quantitative estimate of drug-likeness (QED) is 0.803. The molecule has 1 rings (SSSR count). The van der Waals surface area contributed by atoms with Crippen LogP contribution in [0.4, 0.5) is 0 Å². The first-order chi connectivity index (χ1) is 8.69. The van der Waals surface area contributed by atoms with Gasteiger partial charge in [-0.05, 0) is 25.0 Å². The highest BCUT2D eigenvalue weighted by Crippen LogP contribution is 2.42. The highest BCUT2D eigenvalue weighted by Gasteiger charge is 2.19. The van der Waals surface area contributed by atoms with Crippen molar-refractivity contribution in [3.05, 3.63) is 17.7 Å². The number of hydrogen-bond acceptors (Lipinski definition) is 5. The lowest BCUT2D eigenvalue weighted by Crippen LogP contribution is -2.13. The molecule has 1 aromatic rings. The molecule has 0 heterocycles. The Hall–Kier alpha value is -1.17. The molecule has 0 radical (unpaired) electrons. The molecule has 0 saturated carbocycles. The van der Waals surface area contributed by atoms with Crippen LogP contribution in [0.3, 0.4) is 0 Å². The number of aliphatic hydroxyl groups excluding tert-OH is 1. The molecule has 1 atom stereocenters. The van der Waals surface area contributed by atoms with Crippen LogP contribution in [0.2, 0.25) is 0 Å². The van der Waals surface area contributed by atoms with E-state index >= 15 is 0 Å². The van der Waals surface area contributed by atoms with Gasteiger partial charge in [-0.1, -0.05) is 0 Å². The lowest BCUT2D eigenvalue weighted by Gasteiger charge is -2.19. The molecule has 110 valence electrons. The number of rotatable bonds is 7. The zero-order valence-corrected chi connectivity index (χ0v) is 12.3. The molecule has 0 unspecified atom stereocenters. The normalized spacial score (nSPS) is 11.4. The molecule has 5 nitrogen and oxygen atoms in total. The highest BCUT2D eigenvalue weighted by atomic mass is 35.5. The van der Waals surface area contributed by atoms with Crippen LogP contribution in [0.5, 0.6) is 17.2 Å². The van der Waals surface area contributed by atoms with Crippen molar-refractivity contribution in [2.45, 2.75) is 18.9 Å². The van der Waals surface area contributed by atoms with Crippen molar-refractivity contribution in [2.24, 2.45) is 5.73 Å². The minimum atomic E-state index is -0.202. The Morgan fingerprint density at radius 1 is 1.11 bits per heavy atom. The van der Waals surface area contributed by atoms with E-state index in [4.69, 9.17) is 25.1 Å². The van der Waals surface area contributed by atoms with E-state index in [1.165, 1.54) is 0 Å². The van der Waals surface area contributed by atoms with Gasteiger partial charge in [0.15, 0.2) is 11.5 Å². The SMILES string of the molecule is COc1ccc([C@H](N)CCCO)c(OC)c1OC.Cl. The lowest BCUT2D eigenvalue weighted by molar-refractivity contribution is 0.278. The summed E-state index contributed by atoms with van der Waals surface area (Å²) < 4.78 is 15.9. The van der Waals surface area contributed by atoms with Gasteiger partial charge in [0.1, 0.15) is 0 Å². The summed E-state index contributed by atoms with van der Waals surface area (Å²) in [6.07, 6.45) is 1.33. The molecule has 0 spiro atoms. The van der Waals surface area contributed by atoms with E-state index in [0.29, 0.717) is 30.1 Å². The Bertz CT molecular complexity index is 387. The molecule has 3 N–H and O–H groups in total. The predicted octanol–water partition coefficient (Wildman–Crippen LogP) is 1.91. The fraction of sp³-hybridized carbons (Fsp3) is 0.538. The fourth-order valence-corrected chi connectivity index (χ4v) is 1.88. The molecule has 0 amide bonds. The predicted molar refractivity (Wildman–Crippen MR) is 76.6 cm³/mol. The number of benzene rings is 1. The standard InChI is InChI=1S/C13H21NO4.ClH/c1-16-11-7-6-9(10(14)5-4-8-15)12(17-2)13(11)18-3;/h6-7,10,15H,4-5,8,14H2,1-3H3;1H/t10-;/m1./s1. The number of aliphatic hydroxyl groups is 1. The van der Waals surface area contributed by atoms with Gasteiger partial charge in [-0.25, -0.2) is 0 Å². The molecule has 0 saturated heterocycles. The highest BCUT2D eigenvalue weighted by molar-refractivity contribution is 5.85. The van der Waals surface area contributed by atoms with Crippen molar-refractivity contribution in [3.63, 3.8) is 0 Å².